The number of rotatable bonds is 7. The van der Waals surface area contributed by atoms with Crippen LogP contribution in [0.4, 0.5) is 33.5 Å². The predicted molar refractivity (Wildman–Crippen MR) is 149 cm³/mol. The van der Waals surface area contributed by atoms with Crippen molar-refractivity contribution in [3.05, 3.63) is 34.5 Å². The van der Waals surface area contributed by atoms with Gasteiger partial charge < -0.3 is 20.3 Å². The number of alkyl halides is 3. The summed E-state index contributed by atoms with van der Waals surface area (Å²) < 4.78 is 78.4. The highest BCUT2D eigenvalue weighted by molar-refractivity contribution is 7.81. The lowest BCUT2D eigenvalue weighted by Gasteiger charge is -2.37. The molecule has 0 bridgehead atoms. The summed E-state index contributed by atoms with van der Waals surface area (Å²) in [6, 6.07) is 0.551. The number of hydrogen-bond acceptors (Lipinski definition) is 8. The molecule has 1 aliphatic rings. The van der Waals surface area contributed by atoms with Crippen LogP contribution in [0.1, 0.15) is 43.5 Å². The van der Waals surface area contributed by atoms with Crippen molar-refractivity contribution in [3.8, 4) is 17.3 Å². The van der Waals surface area contributed by atoms with E-state index in [0.29, 0.717) is 44.8 Å². The topological polar surface area (TPSA) is 97.5 Å². The first-order chi connectivity index (χ1) is 19.3. The molecule has 222 valence electrons. The molecule has 41 heavy (non-hydrogen) atoms. The van der Waals surface area contributed by atoms with E-state index in [1.165, 1.54) is 7.11 Å². The standard InChI is InChI=1S/C27H31F5N6O2S/c1-5-7-16-18-23(21(29)22(34-16)14-12-15(33)20(28)13(3)19(14)27(30,31)32)35-26(40-4)36-24(18)37-8-10-38(11-9-37)25(39)17(41)6-2/h12,17,41H,5-11,33H2,1-4H3/t17-/m0/s1. The molecule has 1 aliphatic heterocycles. The number of piperazine rings is 1. The van der Waals surface area contributed by atoms with Crippen LogP contribution in [0.2, 0.25) is 0 Å². The summed E-state index contributed by atoms with van der Waals surface area (Å²) in [4.78, 5) is 29.2. The van der Waals surface area contributed by atoms with Gasteiger partial charge in [-0.1, -0.05) is 20.3 Å². The molecule has 1 amide bonds. The Morgan fingerprint density at radius 2 is 1.78 bits per heavy atom. The second kappa shape index (κ2) is 11.8. The molecule has 0 unspecified atom stereocenters. The highest BCUT2D eigenvalue weighted by atomic mass is 32.1. The van der Waals surface area contributed by atoms with Crippen molar-refractivity contribution in [2.45, 2.75) is 51.5 Å². The van der Waals surface area contributed by atoms with Gasteiger partial charge in [-0.05, 0) is 31.4 Å². The molecule has 1 aromatic carbocycles. The number of anilines is 2. The van der Waals surface area contributed by atoms with Crippen LogP contribution in [-0.2, 0) is 17.4 Å². The summed E-state index contributed by atoms with van der Waals surface area (Å²) in [5.41, 5.74) is 1.64. The smallest absolute Gasteiger partial charge is 0.417 e. The van der Waals surface area contributed by atoms with Gasteiger partial charge >= 0.3 is 12.2 Å². The highest BCUT2D eigenvalue weighted by Gasteiger charge is 2.39. The van der Waals surface area contributed by atoms with Gasteiger partial charge in [-0.25, -0.2) is 13.8 Å². The van der Waals surface area contributed by atoms with E-state index >= 15 is 4.39 Å². The van der Waals surface area contributed by atoms with Gasteiger partial charge in [0.05, 0.1) is 34.7 Å². The zero-order valence-electron chi connectivity index (χ0n) is 23.1. The molecule has 1 saturated heterocycles. The number of aryl methyl sites for hydroxylation is 1. The van der Waals surface area contributed by atoms with E-state index in [0.717, 1.165) is 13.0 Å². The Morgan fingerprint density at radius 1 is 1.12 bits per heavy atom. The highest BCUT2D eigenvalue weighted by Crippen LogP contribution is 2.44. The Morgan fingerprint density at radius 3 is 2.34 bits per heavy atom. The van der Waals surface area contributed by atoms with Crippen molar-refractivity contribution in [2.24, 2.45) is 0 Å². The molecule has 8 nitrogen and oxygen atoms in total. The van der Waals surface area contributed by atoms with Gasteiger partial charge in [0.15, 0.2) is 5.82 Å². The number of ether oxygens (including phenoxy) is 1. The second-order valence-electron chi connectivity index (χ2n) is 9.79. The fraction of sp³-hybridized carbons (Fsp3) is 0.481. The third kappa shape index (κ3) is 5.70. The van der Waals surface area contributed by atoms with E-state index in [2.05, 4.69) is 27.6 Å². The lowest BCUT2D eigenvalue weighted by molar-refractivity contribution is -0.137. The average molecular weight is 599 g/mol. The maximum atomic E-state index is 16.3. The number of amides is 1. The van der Waals surface area contributed by atoms with E-state index in [4.69, 9.17) is 10.5 Å². The van der Waals surface area contributed by atoms with Crippen molar-refractivity contribution < 1.29 is 31.5 Å². The maximum absolute atomic E-state index is 16.3. The predicted octanol–water partition coefficient (Wildman–Crippen LogP) is 5.20. The number of halogens is 5. The van der Waals surface area contributed by atoms with Gasteiger partial charge in [0, 0.05) is 31.7 Å². The van der Waals surface area contributed by atoms with Crippen LogP contribution in [-0.4, -0.2) is 64.3 Å². The van der Waals surface area contributed by atoms with Gasteiger partial charge in [-0.3, -0.25) is 4.79 Å². The molecule has 1 atom stereocenters. The van der Waals surface area contributed by atoms with Crippen molar-refractivity contribution in [2.75, 3.05) is 43.9 Å². The molecular formula is C27H31F5N6O2S. The number of benzene rings is 1. The first-order valence-corrected chi connectivity index (χ1v) is 13.7. The van der Waals surface area contributed by atoms with Gasteiger partial charge in [-0.15, -0.1) is 0 Å². The van der Waals surface area contributed by atoms with E-state index in [1.807, 2.05) is 18.7 Å². The first-order valence-electron chi connectivity index (χ1n) is 13.2. The Labute approximate surface area is 239 Å². The minimum Gasteiger partial charge on any atom is -0.467 e. The number of aromatic nitrogens is 3. The van der Waals surface area contributed by atoms with Crippen LogP contribution >= 0.6 is 12.6 Å². The number of carbonyl (C=O) groups is 1. The molecule has 14 heteroatoms. The lowest BCUT2D eigenvalue weighted by Crippen LogP contribution is -2.51. The second-order valence-corrected chi connectivity index (χ2v) is 10.4. The van der Waals surface area contributed by atoms with Crippen molar-refractivity contribution in [3.63, 3.8) is 0 Å². The SMILES string of the molecule is CCCc1nc(-c2cc(N)c(F)c(C)c2C(F)(F)F)c(F)c2nc(OC)nc(N3CCN(C(=O)[C@@H](S)CC)CC3)c12. The van der Waals surface area contributed by atoms with Crippen molar-refractivity contribution in [1.82, 2.24) is 19.9 Å². The van der Waals surface area contributed by atoms with Crippen molar-refractivity contribution in [1.29, 1.82) is 0 Å². The summed E-state index contributed by atoms with van der Waals surface area (Å²) in [5, 5.41) is -0.185. The molecule has 0 saturated carbocycles. The maximum Gasteiger partial charge on any atom is 0.417 e. The van der Waals surface area contributed by atoms with Crippen LogP contribution in [0, 0.1) is 18.6 Å². The minimum absolute atomic E-state index is 0.0843. The Bertz CT molecular complexity index is 1480. The van der Waals surface area contributed by atoms with Crippen LogP contribution in [0.5, 0.6) is 6.01 Å². The van der Waals surface area contributed by atoms with Crippen LogP contribution in [0.3, 0.4) is 0 Å². The van der Waals surface area contributed by atoms with Gasteiger partial charge in [0.1, 0.15) is 22.8 Å². The molecule has 4 rings (SSSR count). The van der Waals surface area contributed by atoms with Crippen LogP contribution in [0.25, 0.3) is 22.2 Å². The molecule has 0 aliphatic carbocycles. The number of nitrogen functional groups attached to an aromatic ring is 1. The van der Waals surface area contributed by atoms with E-state index in [9.17, 15) is 22.4 Å². The number of pyridine rings is 1. The van der Waals surface area contributed by atoms with Crippen LogP contribution in [0.15, 0.2) is 6.07 Å². The number of fused-ring (bicyclic) bond motifs is 1. The quantitative estimate of drug-likeness (QED) is 0.219. The Balaban J connectivity index is 1.93. The summed E-state index contributed by atoms with van der Waals surface area (Å²) in [6.07, 6.45) is -3.64. The van der Waals surface area contributed by atoms with Crippen LogP contribution < -0.4 is 15.4 Å². The average Bonchev–Trinajstić information content (AvgIpc) is 2.95. The monoisotopic (exact) mass is 598 g/mol. The number of methoxy groups -OCH3 is 1. The van der Waals surface area contributed by atoms with E-state index < -0.39 is 51.1 Å². The summed E-state index contributed by atoms with van der Waals surface area (Å²) in [7, 11) is 1.29. The number of carbonyl (C=O) groups excluding carboxylic acids is 1. The van der Waals surface area contributed by atoms with E-state index in [-0.39, 0.29) is 34.9 Å². The molecule has 0 radical (unpaired) electrons. The number of thiol groups is 1. The van der Waals surface area contributed by atoms with Gasteiger partial charge in [0.25, 0.3) is 0 Å². The Hall–Kier alpha value is -3.42. The molecular weight excluding hydrogens is 567 g/mol. The molecule has 3 aromatic rings. The molecule has 3 heterocycles. The Kier molecular flexibility index (Phi) is 8.81. The zero-order valence-corrected chi connectivity index (χ0v) is 24.0. The van der Waals surface area contributed by atoms with E-state index in [1.54, 1.807) is 4.90 Å². The zero-order chi connectivity index (χ0) is 30.2. The fourth-order valence-electron chi connectivity index (χ4n) is 5.02. The van der Waals surface area contributed by atoms with Gasteiger partial charge in [-0.2, -0.15) is 35.8 Å². The summed E-state index contributed by atoms with van der Waals surface area (Å²) in [6.45, 7) is 6.09. The lowest BCUT2D eigenvalue weighted by atomic mass is 9.95. The summed E-state index contributed by atoms with van der Waals surface area (Å²) >= 11 is 4.34. The molecule has 1 fully saturated rings. The normalized spacial score (nSPS) is 15.0. The largest absolute Gasteiger partial charge is 0.467 e. The number of nitrogens with zero attached hydrogens (tertiary/aromatic N) is 5. The third-order valence-corrected chi connectivity index (χ3v) is 7.70. The van der Waals surface area contributed by atoms with Crippen molar-refractivity contribution >= 4 is 40.9 Å². The summed E-state index contributed by atoms with van der Waals surface area (Å²) in [5.74, 6) is -2.17. The fourth-order valence-corrected chi connectivity index (χ4v) is 5.18. The minimum atomic E-state index is -5.02. The molecule has 2 aromatic heterocycles. The van der Waals surface area contributed by atoms with Gasteiger partial charge in [0.2, 0.25) is 5.91 Å². The molecule has 0 spiro atoms. The molecule has 2 N–H and O–H groups in total. The first kappa shape index (κ1) is 30.5. The number of nitrogens with two attached hydrogens (primary N) is 1. The number of hydrogen-bond donors (Lipinski definition) is 2. The third-order valence-electron chi connectivity index (χ3n) is 7.12.